The van der Waals surface area contributed by atoms with Crippen LogP contribution >= 0.6 is 0 Å². The van der Waals surface area contributed by atoms with Crippen LogP contribution in [0.4, 0.5) is 0 Å². The second kappa shape index (κ2) is 6.93. The molecule has 0 unspecified atom stereocenters. The normalized spacial score (nSPS) is 10.6. The molecular formula is C12H21N3O2. The van der Waals surface area contributed by atoms with Gasteiger partial charge in [0.25, 0.3) is 0 Å². The molecule has 0 aliphatic heterocycles. The molecule has 0 radical (unpaired) electrons. The molecule has 0 aromatic carbocycles. The number of aryl methyl sites for hydroxylation is 1. The summed E-state index contributed by atoms with van der Waals surface area (Å²) in [7, 11) is 0. The highest BCUT2D eigenvalue weighted by Gasteiger charge is 2.04. The highest BCUT2D eigenvalue weighted by molar-refractivity contribution is 5.76. The van der Waals surface area contributed by atoms with Crippen LogP contribution in [0.5, 0.6) is 5.75 Å². The van der Waals surface area contributed by atoms with E-state index in [1.165, 1.54) is 0 Å². The van der Waals surface area contributed by atoms with Crippen LogP contribution in [-0.4, -0.2) is 28.3 Å². The minimum absolute atomic E-state index is 0.0148. The standard InChI is InChI=1S/C12H21N3O2/c1-4-6-15-9-11(8-13-15)17-7-5-12(16)14-10(2)3/h8-10H,4-7H2,1-3H3,(H,14,16). The van der Waals surface area contributed by atoms with Crippen LogP contribution in [0.2, 0.25) is 0 Å². The first-order chi connectivity index (χ1) is 8.11. The Bertz CT molecular complexity index is 347. The van der Waals surface area contributed by atoms with E-state index < -0.39 is 0 Å². The van der Waals surface area contributed by atoms with E-state index in [1.54, 1.807) is 6.20 Å². The predicted molar refractivity (Wildman–Crippen MR) is 65.9 cm³/mol. The van der Waals surface area contributed by atoms with Crippen molar-refractivity contribution in [3.05, 3.63) is 12.4 Å². The SMILES string of the molecule is CCCn1cc(OCCC(=O)NC(C)C)cn1. The van der Waals surface area contributed by atoms with Gasteiger partial charge in [-0.25, -0.2) is 0 Å². The van der Waals surface area contributed by atoms with Crippen molar-refractivity contribution in [3.8, 4) is 5.75 Å². The molecule has 1 amide bonds. The van der Waals surface area contributed by atoms with Gasteiger partial charge in [-0.3, -0.25) is 9.48 Å². The molecule has 1 rings (SSSR count). The quantitative estimate of drug-likeness (QED) is 0.786. The van der Waals surface area contributed by atoms with E-state index >= 15 is 0 Å². The van der Waals surface area contributed by atoms with Crippen LogP contribution < -0.4 is 10.1 Å². The molecule has 0 aliphatic carbocycles. The van der Waals surface area contributed by atoms with Gasteiger partial charge in [-0.1, -0.05) is 6.92 Å². The molecule has 0 fully saturated rings. The molecule has 1 N–H and O–H groups in total. The molecule has 1 heterocycles. The third-order valence-corrected chi connectivity index (χ3v) is 2.11. The molecule has 5 heteroatoms. The van der Waals surface area contributed by atoms with Gasteiger partial charge in [0.1, 0.15) is 0 Å². The zero-order chi connectivity index (χ0) is 12.7. The van der Waals surface area contributed by atoms with Gasteiger partial charge in [0.05, 0.1) is 25.4 Å². The smallest absolute Gasteiger partial charge is 0.223 e. The third-order valence-electron chi connectivity index (χ3n) is 2.11. The van der Waals surface area contributed by atoms with E-state index in [-0.39, 0.29) is 11.9 Å². The summed E-state index contributed by atoms with van der Waals surface area (Å²) >= 11 is 0. The summed E-state index contributed by atoms with van der Waals surface area (Å²) < 4.78 is 7.28. The Morgan fingerprint density at radius 2 is 2.35 bits per heavy atom. The summed E-state index contributed by atoms with van der Waals surface area (Å²) in [6.07, 6.45) is 4.94. The van der Waals surface area contributed by atoms with E-state index in [0.717, 1.165) is 18.7 Å². The largest absolute Gasteiger partial charge is 0.490 e. The molecule has 1 aromatic heterocycles. The van der Waals surface area contributed by atoms with Gasteiger partial charge in [-0.2, -0.15) is 5.10 Å². The number of amides is 1. The lowest BCUT2D eigenvalue weighted by Gasteiger charge is -2.08. The van der Waals surface area contributed by atoms with Crippen LogP contribution in [0.25, 0.3) is 0 Å². The summed E-state index contributed by atoms with van der Waals surface area (Å²) in [5.74, 6) is 0.733. The number of hydrogen-bond donors (Lipinski definition) is 1. The summed E-state index contributed by atoms with van der Waals surface area (Å²) in [5, 5.41) is 6.96. The Hall–Kier alpha value is -1.52. The second-order valence-corrected chi connectivity index (χ2v) is 4.26. The van der Waals surface area contributed by atoms with Gasteiger partial charge in [-0.05, 0) is 20.3 Å². The van der Waals surface area contributed by atoms with Gasteiger partial charge >= 0.3 is 0 Å². The van der Waals surface area contributed by atoms with Crippen LogP contribution in [0.1, 0.15) is 33.6 Å². The molecule has 0 atom stereocenters. The fourth-order valence-electron chi connectivity index (χ4n) is 1.43. The average Bonchev–Trinajstić information content (AvgIpc) is 2.65. The fraction of sp³-hybridized carbons (Fsp3) is 0.667. The summed E-state index contributed by atoms with van der Waals surface area (Å²) in [5.41, 5.74) is 0. The molecule has 17 heavy (non-hydrogen) atoms. The zero-order valence-electron chi connectivity index (χ0n) is 10.8. The van der Waals surface area contributed by atoms with E-state index in [2.05, 4.69) is 17.3 Å². The molecule has 96 valence electrons. The second-order valence-electron chi connectivity index (χ2n) is 4.26. The number of carbonyl (C=O) groups excluding carboxylic acids is 1. The van der Waals surface area contributed by atoms with Crippen molar-refractivity contribution in [2.45, 2.75) is 46.2 Å². The summed E-state index contributed by atoms with van der Waals surface area (Å²) in [6.45, 7) is 7.24. The fourth-order valence-corrected chi connectivity index (χ4v) is 1.43. The first kappa shape index (κ1) is 13.5. The first-order valence-electron chi connectivity index (χ1n) is 6.06. The monoisotopic (exact) mass is 239 g/mol. The number of nitrogens with zero attached hydrogens (tertiary/aromatic N) is 2. The van der Waals surface area contributed by atoms with Crippen molar-refractivity contribution in [2.75, 3.05) is 6.61 Å². The Balaban J connectivity index is 2.23. The third kappa shape index (κ3) is 5.38. The van der Waals surface area contributed by atoms with Crippen molar-refractivity contribution in [2.24, 2.45) is 0 Å². The van der Waals surface area contributed by atoms with Crippen LogP contribution in [-0.2, 0) is 11.3 Å². The van der Waals surface area contributed by atoms with Crippen molar-refractivity contribution >= 4 is 5.91 Å². The zero-order valence-corrected chi connectivity index (χ0v) is 10.8. The van der Waals surface area contributed by atoms with E-state index in [4.69, 9.17) is 4.74 Å². The van der Waals surface area contributed by atoms with Crippen molar-refractivity contribution in [1.82, 2.24) is 15.1 Å². The number of nitrogens with one attached hydrogen (secondary N) is 1. The average molecular weight is 239 g/mol. The molecule has 1 aromatic rings. The number of carbonyl (C=O) groups is 1. The molecule has 0 aliphatic rings. The van der Waals surface area contributed by atoms with Gasteiger partial charge in [0, 0.05) is 12.6 Å². The Morgan fingerprint density at radius 1 is 1.59 bits per heavy atom. The summed E-state index contributed by atoms with van der Waals surface area (Å²) in [6, 6.07) is 0.176. The Kier molecular flexibility index (Phi) is 5.52. The van der Waals surface area contributed by atoms with Crippen LogP contribution in [0.15, 0.2) is 12.4 Å². The lowest BCUT2D eigenvalue weighted by atomic mass is 10.3. The van der Waals surface area contributed by atoms with Gasteiger partial charge in [-0.15, -0.1) is 0 Å². The van der Waals surface area contributed by atoms with Crippen LogP contribution in [0.3, 0.4) is 0 Å². The first-order valence-corrected chi connectivity index (χ1v) is 6.06. The topological polar surface area (TPSA) is 56.1 Å². The lowest BCUT2D eigenvalue weighted by molar-refractivity contribution is -0.122. The van der Waals surface area contributed by atoms with Crippen molar-refractivity contribution < 1.29 is 9.53 Å². The number of rotatable bonds is 7. The maximum Gasteiger partial charge on any atom is 0.223 e. The minimum atomic E-state index is 0.0148. The minimum Gasteiger partial charge on any atom is -0.490 e. The van der Waals surface area contributed by atoms with Gasteiger partial charge < -0.3 is 10.1 Å². The Morgan fingerprint density at radius 3 is 3.00 bits per heavy atom. The number of hydrogen-bond acceptors (Lipinski definition) is 3. The highest BCUT2D eigenvalue weighted by atomic mass is 16.5. The summed E-state index contributed by atoms with van der Waals surface area (Å²) in [4.78, 5) is 11.3. The maximum atomic E-state index is 11.3. The molecule has 5 nitrogen and oxygen atoms in total. The highest BCUT2D eigenvalue weighted by Crippen LogP contribution is 2.08. The predicted octanol–water partition coefficient (Wildman–Crippen LogP) is 1.59. The van der Waals surface area contributed by atoms with Gasteiger partial charge in [0.2, 0.25) is 5.91 Å². The number of ether oxygens (including phenoxy) is 1. The molecular weight excluding hydrogens is 218 g/mol. The van der Waals surface area contributed by atoms with Gasteiger partial charge in [0.15, 0.2) is 5.75 Å². The van der Waals surface area contributed by atoms with Crippen LogP contribution in [0, 0.1) is 0 Å². The van der Waals surface area contributed by atoms with E-state index in [9.17, 15) is 4.79 Å². The molecule has 0 saturated heterocycles. The Labute approximate surface area is 102 Å². The molecule has 0 spiro atoms. The molecule has 0 bridgehead atoms. The van der Waals surface area contributed by atoms with E-state index in [0.29, 0.717) is 13.0 Å². The lowest BCUT2D eigenvalue weighted by Crippen LogP contribution is -2.31. The van der Waals surface area contributed by atoms with Crippen molar-refractivity contribution in [1.29, 1.82) is 0 Å². The maximum absolute atomic E-state index is 11.3. The van der Waals surface area contributed by atoms with Crippen molar-refractivity contribution in [3.63, 3.8) is 0 Å². The van der Waals surface area contributed by atoms with E-state index in [1.807, 2.05) is 24.7 Å². The molecule has 0 saturated carbocycles. The number of aromatic nitrogens is 2.